The van der Waals surface area contributed by atoms with Crippen LogP contribution in [0, 0.1) is 13.8 Å². The van der Waals surface area contributed by atoms with Gasteiger partial charge in [-0.3, -0.25) is 9.59 Å². The van der Waals surface area contributed by atoms with Gasteiger partial charge in [0.15, 0.2) is 6.61 Å². The molecule has 8 heteroatoms. The Morgan fingerprint density at radius 1 is 1.06 bits per heavy atom. The molecule has 3 rings (SSSR count). The number of halogens is 2. The summed E-state index contributed by atoms with van der Waals surface area (Å²) in [6.45, 7) is 3.63. The number of carbonyl (C=O) groups is 2. The first kappa shape index (κ1) is 23.5. The van der Waals surface area contributed by atoms with E-state index in [4.69, 9.17) is 16.3 Å². The highest BCUT2D eigenvalue weighted by atomic mass is 79.9. The molecule has 3 aromatic carbocycles. The number of ether oxygens (including phenoxy) is 1. The Balaban J connectivity index is 1.62. The second-order valence-corrected chi connectivity index (χ2v) is 8.37. The maximum absolute atomic E-state index is 12.3. The molecule has 2 amide bonds. The molecule has 0 aliphatic carbocycles. The van der Waals surface area contributed by atoms with Crippen LogP contribution in [0.3, 0.4) is 0 Å². The van der Waals surface area contributed by atoms with Gasteiger partial charge in [0.25, 0.3) is 11.8 Å². The van der Waals surface area contributed by atoms with Gasteiger partial charge in [-0.05, 0) is 61.9 Å². The van der Waals surface area contributed by atoms with E-state index in [2.05, 4.69) is 31.8 Å². The molecular formula is C24H21BrClN3O3. The zero-order chi connectivity index (χ0) is 23.1. The van der Waals surface area contributed by atoms with Crippen LogP contribution in [0.25, 0.3) is 0 Å². The molecule has 32 heavy (non-hydrogen) atoms. The summed E-state index contributed by atoms with van der Waals surface area (Å²) in [5.41, 5.74) is 6.17. The number of nitrogens with zero attached hydrogens (tertiary/aromatic N) is 1. The van der Waals surface area contributed by atoms with Crippen molar-refractivity contribution in [2.45, 2.75) is 13.8 Å². The Kier molecular flexibility index (Phi) is 8.03. The third-order valence-corrected chi connectivity index (χ3v) is 5.37. The van der Waals surface area contributed by atoms with E-state index in [9.17, 15) is 9.59 Å². The molecule has 0 bridgehead atoms. The average Bonchev–Trinajstić information content (AvgIpc) is 2.76. The van der Waals surface area contributed by atoms with Crippen molar-refractivity contribution in [3.05, 3.63) is 92.4 Å². The number of anilines is 1. The molecule has 0 aromatic heterocycles. The fourth-order valence-corrected chi connectivity index (χ4v) is 3.25. The van der Waals surface area contributed by atoms with Gasteiger partial charge < -0.3 is 10.1 Å². The smallest absolute Gasteiger partial charge is 0.271 e. The lowest BCUT2D eigenvalue weighted by Crippen LogP contribution is -2.20. The minimum atomic E-state index is -0.330. The third kappa shape index (κ3) is 6.67. The summed E-state index contributed by atoms with van der Waals surface area (Å²) in [6, 6.07) is 17.7. The van der Waals surface area contributed by atoms with E-state index in [1.54, 1.807) is 42.5 Å². The van der Waals surface area contributed by atoms with Gasteiger partial charge in [-0.15, -0.1) is 0 Å². The third-order valence-electron chi connectivity index (χ3n) is 4.47. The van der Waals surface area contributed by atoms with Crippen LogP contribution in [0.5, 0.6) is 5.75 Å². The van der Waals surface area contributed by atoms with E-state index in [1.807, 2.05) is 32.0 Å². The second kappa shape index (κ2) is 10.9. The first-order valence-corrected chi connectivity index (χ1v) is 10.9. The van der Waals surface area contributed by atoms with Crippen molar-refractivity contribution in [3.63, 3.8) is 0 Å². The molecule has 6 nitrogen and oxygen atoms in total. The summed E-state index contributed by atoms with van der Waals surface area (Å²) in [5.74, 6) is -0.211. The van der Waals surface area contributed by atoms with Crippen molar-refractivity contribution in [2.75, 3.05) is 11.9 Å². The molecular weight excluding hydrogens is 494 g/mol. The van der Waals surface area contributed by atoms with Crippen LogP contribution in [0.1, 0.15) is 27.0 Å². The van der Waals surface area contributed by atoms with Crippen molar-refractivity contribution in [2.24, 2.45) is 5.10 Å². The lowest BCUT2D eigenvalue weighted by atomic mass is 10.1. The zero-order valence-corrected chi connectivity index (χ0v) is 19.8. The number of amides is 2. The monoisotopic (exact) mass is 513 g/mol. The van der Waals surface area contributed by atoms with Crippen LogP contribution in [0.15, 0.2) is 70.2 Å². The van der Waals surface area contributed by atoms with Crippen LogP contribution < -0.4 is 15.5 Å². The summed E-state index contributed by atoms with van der Waals surface area (Å²) in [4.78, 5) is 24.5. The molecule has 0 saturated heterocycles. The molecule has 0 atom stereocenters. The molecule has 0 unspecified atom stereocenters. The number of hydrazone groups is 1. The Bertz CT molecular complexity index is 1160. The SMILES string of the molecule is Cc1ccc(C(=O)N/N=C/c2cc(Br)ccc2OCC(=O)Nc2ccc(C)c(Cl)c2)cc1. The summed E-state index contributed by atoms with van der Waals surface area (Å²) in [7, 11) is 0. The molecule has 0 aliphatic heterocycles. The van der Waals surface area contributed by atoms with Gasteiger partial charge in [0.2, 0.25) is 0 Å². The predicted octanol–water partition coefficient (Wildman–Crippen LogP) is 5.50. The van der Waals surface area contributed by atoms with Gasteiger partial charge in [0.05, 0.1) is 6.21 Å². The van der Waals surface area contributed by atoms with Crippen LogP contribution in [-0.2, 0) is 4.79 Å². The Hall–Kier alpha value is -3.16. The van der Waals surface area contributed by atoms with Crippen molar-refractivity contribution in [3.8, 4) is 5.75 Å². The van der Waals surface area contributed by atoms with Crippen LogP contribution in [0.4, 0.5) is 5.69 Å². The highest BCUT2D eigenvalue weighted by molar-refractivity contribution is 9.10. The maximum Gasteiger partial charge on any atom is 0.271 e. The van der Waals surface area contributed by atoms with Gasteiger partial charge in [-0.1, -0.05) is 51.3 Å². The quantitative estimate of drug-likeness (QED) is 0.323. The van der Waals surface area contributed by atoms with Crippen LogP contribution in [-0.4, -0.2) is 24.6 Å². The standard InChI is InChI=1S/C24H21BrClN3O3/c1-15-3-6-17(7-4-15)24(31)29-27-13-18-11-19(25)8-10-22(18)32-14-23(30)28-20-9-5-16(2)21(26)12-20/h3-13H,14H2,1-2H3,(H,28,30)(H,29,31)/b27-13+. The fraction of sp³-hybridized carbons (Fsp3) is 0.125. The van der Waals surface area contributed by atoms with Gasteiger partial charge in [0.1, 0.15) is 5.75 Å². The van der Waals surface area contributed by atoms with Crippen molar-refractivity contribution >= 4 is 51.2 Å². The van der Waals surface area contributed by atoms with E-state index in [1.165, 1.54) is 6.21 Å². The summed E-state index contributed by atoms with van der Waals surface area (Å²) >= 11 is 9.49. The second-order valence-electron chi connectivity index (χ2n) is 7.05. The Morgan fingerprint density at radius 3 is 2.53 bits per heavy atom. The molecule has 0 aliphatic rings. The molecule has 2 N–H and O–H groups in total. The maximum atomic E-state index is 12.3. The van der Waals surface area contributed by atoms with Crippen molar-refractivity contribution < 1.29 is 14.3 Å². The van der Waals surface area contributed by atoms with Gasteiger partial charge >= 0.3 is 0 Å². The first-order valence-electron chi connectivity index (χ1n) is 9.70. The topological polar surface area (TPSA) is 79.8 Å². The van der Waals surface area contributed by atoms with Gasteiger partial charge in [-0.2, -0.15) is 5.10 Å². The lowest BCUT2D eigenvalue weighted by Gasteiger charge is -2.11. The first-order chi connectivity index (χ1) is 15.3. The number of aryl methyl sites for hydroxylation is 2. The highest BCUT2D eigenvalue weighted by Gasteiger charge is 2.09. The van der Waals surface area contributed by atoms with E-state index in [0.29, 0.717) is 27.6 Å². The summed E-state index contributed by atoms with van der Waals surface area (Å²) < 4.78 is 6.47. The minimum Gasteiger partial charge on any atom is -0.483 e. The molecule has 0 heterocycles. The number of benzene rings is 3. The summed E-state index contributed by atoms with van der Waals surface area (Å²) in [6.07, 6.45) is 1.46. The molecule has 3 aromatic rings. The number of rotatable bonds is 7. The largest absolute Gasteiger partial charge is 0.483 e. The van der Waals surface area contributed by atoms with Gasteiger partial charge in [0, 0.05) is 26.3 Å². The summed E-state index contributed by atoms with van der Waals surface area (Å²) in [5, 5.41) is 7.33. The van der Waals surface area contributed by atoms with Crippen LogP contribution in [0.2, 0.25) is 5.02 Å². The Morgan fingerprint density at radius 2 is 1.81 bits per heavy atom. The molecule has 0 fully saturated rings. The van der Waals surface area contributed by atoms with E-state index >= 15 is 0 Å². The Labute approximate surface area is 199 Å². The normalized spacial score (nSPS) is 10.8. The van der Waals surface area contributed by atoms with E-state index < -0.39 is 0 Å². The average molecular weight is 515 g/mol. The van der Waals surface area contributed by atoms with Crippen LogP contribution >= 0.6 is 27.5 Å². The molecule has 0 radical (unpaired) electrons. The number of carbonyl (C=O) groups excluding carboxylic acids is 2. The van der Waals surface area contributed by atoms with E-state index in [0.717, 1.165) is 15.6 Å². The van der Waals surface area contributed by atoms with Crippen molar-refractivity contribution in [1.29, 1.82) is 0 Å². The van der Waals surface area contributed by atoms with E-state index in [-0.39, 0.29) is 18.4 Å². The zero-order valence-electron chi connectivity index (χ0n) is 17.5. The number of hydrogen-bond donors (Lipinski definition) is 2. The minimum absolute atomic E-state index is 0.205. The van der Waals surface area contributed by atoms with Crippen molar-refractivity contribution in [1.82, 2.24) is 5.43 Å². The lowest BCUT2D eigenvalue weighted by molar-refractivity contribution is -0.118. The fourth-order valence-electron chi connectivity index (χ4n) is 2.69. The highest BCUT2D eigenvalue weighted by Crippen LogP contribution is 2.23. The molecule has 164 valence electrons. The molecule has 0 saturated carbocycles. The number of nitrogens with one attached hydrogen (secondary N) is 2. The predicted molar refractivity (Wildman–Crippen MR) is 131 cm³/mol. The molecule has 0 spiro atoms. The van der Waals surface area contributed by atoms with Gasteiger partial charge in [-0.25, -0.2) is 5.43 Å². The number of hydrogen-bond acceptors (Lipinski definition) is 4.